The lowest BCUT2D eigenvalue weighted by Gasteiger charge is -2.28. The fourth-order valence-corrected chi connectivity index (χ4v) is 3.57. The van der Waals surface area contributed by atoms with Gasteiger partial charge >= 0.3 is 0 Å². The van der Waals surface area contributed by atoms with Gasteiger partial charge in [-0.25, -0.2) is 0 Å². The van der Waals surface area contributed by atoms with Gasteiger partial charge in [0.1, 0.15) is 0 Å². The SMILES string of the molecule is CN(C)[C@H]1CCCCN(C(=O)c2cn(CCN3CCNCC3)nn2)C1.Cl.Cl. The number of hydrogen-bond donors (Lipinski definition) is 1. The lowest BCUT2D eigenvalue weighted by atomic mass is 10.1. The molecule has 2 aliphatic heterocycles. The highest BCUT2D eigenvalue weighted by Crippen LogP contribution is 2.15. The van der Waals surface area contributed by atoms with Crippen molar-refractivity contribution in [3.63, 3.8) is 0 Å². The number of likely N-dealkylation sites (N-methyl/N-ethyl adjacent to an activating group) is 1. The molecule has 27 heavy (non-hydrogen) atoms. The minimum atomic E-state index is 0. The molecule has 1 aromatic rings. The fraction of sp³-hybridized carbons (Fsp3) is 0.824. The van der Waals surface area contributed by atoms with Crippen LogP contribution in [0.2, 0.25) is 0 Å². The van der Waals surface area contributed by atoms with Crippen molar-refractivity contribution in [1.82, 2.24) is 35.0 Å². The van der Waals surface area contributed by atoms with Gasteiger partial charge in [0.2, 0.25) is 0 Å². The molecule has 1 atom stereocenters. The molecular weight excluding hydrogens is 389 g/mol. The lowest BCUT2D eigenvalue weighted by molar-refractivity contribution is 0.0719. The van der Waals surface area contributed by atoms with Crippen LogP contribution in [0.4, 0.5) is 0 Å². The Bertz CT molecular complexity index is 563. The van der Waals surface area contributed by atoms with Crippen LogP contribution in [0.3, 0.4) is 0 Å². The van der Waals surface area contributed by atoms with Crippen LogP contribution in [0.25, 0.3) is 0 Å². The minimum absolute atomic E-state index is 0. The molecule has 0 unspecified atom stereocenters. The molecule has 8 nitrogen and oxygen atoms in total. The summed E-state index contributed by atoms with van der Waals surface area (Å²) < 4.78 is 1.80. The van der Waals surface area contributed by atoms with Gasteiger partial charge in [-0.3, -0.25) is 14.4 Å². The summed E-state index contributed by atoms with van der Waals surface area (Å²) in [5.41, 5.74) is 0.472. The Morgan fingerprint density at radius 1 is 1.19 bits per heavy atom. The maximum atomic E-state index is 12.8. The van der Waals surface area contributed by atoms with E-state index in [4.69, 9.17) is 0 Å². The van der Waals surface area contributed by atoms with E-state index in [1.807, 2.05) is 4.90 Å². The molecule has 1 N–H and O–H groups in total. The Morgan fingerprint density at radius 3 is 2.63 bits per heavy atom. The predicted molar refractivity (Wildman–Crippen MR) is 111 cm³/mol. The second-order valence-corrected chi connectivity index (χ2v) is 7.32. The molecule has 0 bridgehead atoms. The van der Waals surface area contributed by atoms with E-state index in [0.717, 1.165) is 65.2 Å². The standard InChI is InChI=1S/C17H31N7O.2ClH/c1-21(2)15-5-3-4-8-23(13-15)17(25)16-14-24(20-19-16)12-11-22-9-6-18-7-10-22;;/h14-15,18H,3-13H2,1-2H3;2*1H/t15-;;/m0../s1. The average Bonchev–Trinajstić information content (AvgIpc) is 2.95. The Balaban J connectivity index is 0.00000182. The molecule has 2 aliphatic rings. The molecular formula is C17H33Cl2N7O. The highest BCUT2D eigenvalue weighted by molar-refractivity contribution is 5.92. The highest BCUT2D eigenvalue weighted by Gasteiger charge is 2.25. The van der Waals surface area contributed by atoms with E-state index < -0.39 is 0 Å². The van der Waals surface area contributed by atoms with E-state index in [-0.39, 0.29) is 30.7 Å². The summed E-state index contributed by atoms with van der Waals surface area (Å²) in [6.07, 6.45) is 5.19. The molecule has 156 valence electrons. The molecule has 2 saturated heterocycles. The third kappa shape index (κ3) is 6.87. The van der Waals surface area contributed by atoms with Crippen molar-refractivity contribution in [2.75, 3.05) is 59.9 Å². The number of nitrogens with zero attached hydrogens (tertiary/aromatic N) is 6. The van der Waals surface area contributed by atoms with Crippen LogP contribution in [-0.4, -0.2) is 102 Å². The Morgan fingerprint density at radius 2 is 1.93 bits per heavy atom. The zero-order valence-corrected chi connectivity index (χ0v) is 18.0. The van der Waals surface area contributed by atoms with Crippen LogP contribution in [0.15, 0.2) is 6.20 Å². The summed E-state index contributed by atoms with van der Waals surface area (Å²) in [5.74, 6) is 0.0159. The molecule has 1 amide bonds. The summed E-state index contributed by atoms with van der Waals surface area (Å²) >= 11 is 0. The van der Waals surface area contributed by atoms with Gasteiger partial charge in [-0.15, -0.1) is 29.9 Å². The van der Waals surface area contributed by atoms with Gasteiger partial charge in [0.15, 0.2) is 5.69 Å². The molecule has 10 heteroatoms. The van der Waals surface area contributed by atoms with Gasteiger partial charge < -0.3 is 15.1 Å². The number of aromatic nitrogens is 3. The van der Waals surface area contributed by atoms with Crippen molar-refractivity contribution in [2.45, 2.75) is 31.8 Å². The molecule has 0 spiro atoms. The number of nitrogens with one attached hydrogen (secondary N) is 1. The van der Waals surface area contributed by atoms with Crippen LogP contribution in [0.5, 0.6) is 0 Å². The first-order chi connectivity index (χ1) is 12.1. The number of likely N-dealkylation sites (tertiary alicyclic amines) is 1. The van der Waals surface area contributed by atoms with Crippen LogP contribution in [0.1, 0.15) is 29.8 Å². The molecule has 0 aliphatic carbocycles. The zero-order chi connectivity index (χ0) is 17.6. The van der Waals surface area contributed by atoms with E-state index in [1.165, 1.54) is 6.42 Å². The maximum absolute atomic E-state index is 12.8. The Hall–Kier alpha value is -0.930. The van der Waals surface area contributed by atoms with Crippen molar-refractivity contribution in [2.24, 2.45) is 0 Å². The smallest absolute Gasteiger partial charge is 0.276 e. The number of piperazine rings is 1. The quantitative estimate of drug-likeness (QED) is 0.749. The topological polar surface area (TPSA) is 69.5 Å². The first-order valence-electron chi connectivity index (χ1n) is 9.42. The monoisotopic (exact) mass is 421 g/mol. The molecule has 1 aromatic heterocycles. The van der Waals surface area contributed by atoms with E-state index in [2.05, 4.69) is 39.5 Å². The third-order valence-corrected chi connectivity index (χ3v) is 5.28. The summed E-state index contributed by atoms with van der Waals surface area (Å²) in [4.78, 5) is 19.4. The summed E-state index contributed by atoms with van der Waals surface area (Å²) in [7, 11) is 4.18. The van der Waals surface area contributed by atoms with Crippen molar-refractivity contribution in [3.05, 3.63) is 11.9 Å². The van der Waals surface area contributed by atoms with Gasteiger partial charge in [0.05, 0.1) is 12.7 Å². The second kappa shape index (κ2) is 11.8. The summed E-state index contributed by atoms with van der Waals surface area (Å²) in [5, 5.41) is 11.6. The Labute approximate surface area is 174 Å². The molecule has 0 radical (unpaired) electrons. The number of carbonyl (C=O) groups excluding carboxylic acids is 1. The van der Waals surface area contributed by atoms with E-state index in [1.54, 1.807) is 10.9 Å². The van der Waals surface area contributed by atoms with Gasteiger partial charge in [0.25, 0.3) is 5.91 Å². The zero-order valence-electron chi connectivity index (χ0n) is 16.3. The largest absolute Gasteiger partial charge is 0.336 e. The number of halogens is 2. The number of hydrogen-bond acceptors (Lipinski definition) is 6. The maximum Gasteiger partial charge on any atom is 0.276 e. The van der Waals surface area contributed by atoms with Crippen LogP contribution < -0.4 is 5.32 Å². The van der Waals surface area contributed by atoms with Crippen LogP contribution in [0, 0.1) is 0 Å². The molecule has 3 rings (SSSR count). The van der Waals surface area contributed by atoms with Crippen molar-refractivity contribution in [3.8, 4) is 0 Å². The van der Waals surface area contributed by atoms with Gasteiger partial charge in [0, 0.05) is 51.9 Å². The first kappa shape index (κ1) is 24.1. The average molecular weight is 422 g/mol. The normalized spacial score (nSPS) is 21.3. The minimum Gasteiger partial charge on any atom is -0.336 e. The predicted octanol–water partition coefficient (Wildman–Crippen LogP) is 0.583. The van der Waals surface area contributed by atoms with Gasteiger partial charge in [-0.2, -0.15) is 0 Å². The number of rotatable bonds is 5. The van der Waals surface area contributed by atoms with Gasteiger partial charge in [-0.05, 0) is 26.9 Å². The van der Waals surface area contributed by atoms with Crippen molar-refractivity contribution >= 4 is 30.7 Å². The van der Waals surface area contributed by atoms with E-state index >= 15 is 0 Å². The van der Waals surface area contributed by atoms with Crippen LogP contribution >= 0.6 is 24.8 Å². The number of amides is 1. The highest BCUT2D eigenvalue weighted by atomic mass is 35.5. The summed E-state index contributed by atoms with van der Waals surface area (Å²) in [6.45, 7) is 7.55. The first-order valence-corrected chi connectivity index (χ1v) is 9.42. The van der Waals surface area contributed by atoms with Crippen molar-refractivity contribution in [1.29, 1.82) is 0 Å². The molecule has 2 fully saturated rings. The fourth-order valence-electron chi connectivity index (χ4n) is 3.57. The molecule has 0 aromatic carbocycles. The molecule has 3 heterocycles. The van der Waals surface area contributed by atoms with E-state index in [9.17, 15) is 4.79 Å². The van der Waals surface area contributed by atoms with Gasteiger partial charge in [-0.1, -0.05) is 11.6 Å². The third-order valence-electron chi connectivity index (χ3n) is 5.28. The Kier molecular flexibility index (Phi) is 10.5. The lowest BCUT2D eigenvalue weighted by Crippen LogP contribution is -2.44. The van der Waals surface area contributed by atoms with Crippen molar-refractivity contribution < 1.29 is 4.79 Å². The molecule has 0 saturated carbocycles. The summed E-state index contributed by atoms with van der Waals surface area (Å²) in [6, 6.07) is 0.425. The van der Waals surface area contributed by atoms with Crippen LogP contribution in [-0.2, 0) is 6.54 Å². The second-order valence-electron chi connectivity index (χ2n) is 7.32. The number of carbonyl (C=O) groups is 1. The van der Waals surface area contributed by atoms with E-state index in [0.29, 0.717) is 11.7 Å².